The van der Waals surface area contributed by atoms with E-state index >= 15 is 0 Å². The number of nitrogens with zero attached hydrogens (tertiary/aromatic N) is 2. The predicted molar refractivity (Wildman–Crippen MR) is 66.2 cm³/mol. The third kappa shape index (κ3) is 2.16. The summed E-state index contributed by atoms with van der Waals surface area (Å²) < 4.78 is 1.98. The van der Waals surface area contributed by atoms with Crippen LogP contribution in [0.15, 0.2) is 12.1 Å². The Morgan fingerprint density at radius 2 is 2.06 bits per heavy atom. The van der Waals surface area contributed by atoms with E-state index in [0.717, 1.165) is 22.4 Å². The summed E-state index contributed by atoms with van der Waals surface area (Å²) in [6.45, 7) is 6.46. The number of carbonyl (C=O) groups is 1. The van der Waals surface area contributed by atoms with Crippen LogP contribution in [0.5, 0.6) is 0 Å². The van der Waals surface area contributed by atoms with Gasteiger partial charge in [0.25, 0.3) is 0 Å². The van der Waals surface area contributed by atoms with Gasteiger partial charge in [-0.2, -0.15) is 0 Å². The molecule has 0 saturated heterocycles. The molecule has 2 rings (SSSR count). The fraction of sp³-hybridized carbons (Fsp3) is 0.385. The molecule has 4 heteroatoms. The highest BCUT2D eigenvalue weighted by Gasteiger charge is 2.10. The molecule has 4 nitrogen and oxygen atoms in total. The van der Waals surface area contributed by atoms with Crippen molar-refractivity contribution in [2.75, 3.05) is 0 Å². The van der Waals surface area contributed by atoms with Crippen molar-refractivity contribution in [1.82, 2.24) is 9.55 Å². The first-order chi connectivity index (χ1) is 7.99. The van der Waals surface area contributed by atoms with Crippen molar-refractivity contribution >= 4 is 17.0 Å². The lowest BCUT2D eigenvalue weighted by atomic mass is 10.1. The van der Waals surface area contributed by atoms with Gasteiger partial charge in [0.05, 0.1) is 17.5 Å². The fourth-order valence-electron chi connectivity index (χ4n) is 2.17. The molecule has 0 aliphatic carbocycles. The highest BCUT2D eigenvalue weighted by atomic mass is 16.4. The first kappa shape index (κ1) is 11.6. The van der Waals surface area contributed by atoms with Crippen molar-refractivity contribution in [1.29, 1.82) is 0 Å². The Morgan fingerprint density at radius 1 is 1.35 bits per heavy atom. The van der Waals surface area contributed by atoms with Crippen LogP contribution in [0.25, 0.3) is 11.0 Å². The molecule has 0 spiro atoms. The average Bonchev–Trinajstić information content (AvgIpc) is 2.52. The lowest BCUT2D eigenvalue weighted by molar-refractivity contribution is -0.137. The number of benzene rings is 1. The molecule has 0 aliphatic heterocycles. The van der Waals surface area contributed by atoms with Crippen LogP contribution in [0.2, 0.25) is 0 Å². The molecular weight excluding hydrogens is 216 g/mol. The minimum absolute atomic E-state index is 0.124. The van der Waals surface area contributed by atoms with Gasteiger partial charge >= 0.3 is 5.97 Å². The van der Waals surface area contributed by atoms with Crippen LogP contribution in [0.4, 0.5) is 0 Å². The van der Waals surface area contributed by atoms with Crippen molar-refractivity contribution < 1.29 is 9.90 Å². The average molecular weight is 232 g/mol. The first-order valence-corrected chi connectivity index (χ1v) is 5.65. The molecule has 2 aromatic rings. The van der Waals surface area contributed by atoms with Crippen LogP contribution in [-0.4, -0.2) is 20.6 Å². The molecular formula is C13H16N2O2. The maximum Gasteiger partial charge on any atom is 0.305 e. The van der Waals surface area contributed by atoms with Gasteiger partial charge in [-0.15, -0.1) is 0 Å². The van der Waals surface area contributed by atoms with E-state index in [2.05, 4.69) is 17.1 Å². The van der Waals surface area contributed by atoms with Crippen LogP contribution in [0, 0.1) is 20.8 Å². The minimum atomic E-state index is -0.782. The molecule has 0 atom stereocenters. The zero-order valence-electron chi connectivity index (χ0n) is 10.3. The molecule has 0 radical (unpaired) electrons. The minimum Gasteiger partial charge on any atom is -0.481 e. The van der Waals surface area contributed by atoms with Gasteiger partial charge in [0.2, 0.25) is 0 Å². The normalized spacial score (nSPS) is 11.0. The first-order valence-electron chi connectivity index (χ1n) is 5.65. The van der Waals surface area contributed by atoms with Crippen LogP contribution in [0.3, 0.4) is 0 Å². The summed E-state index contributed by atoms with van der Waals surface area (Å²) in [7, 11) is 0. The van der Waals surface area contributed by atoms with E-state index in [4.69, 9.17) is 5.11 Å². The van der Waals surface area contributed by atoms with Gasteiger partial charge in [0.1, 0.15) is 5.82 Å². The Hall–Kier alpha value is -1.84. The maximum atomic E-state index is 10.6. The van der Waals surface area contributed by atoms with Crippen molar-refractivity contribution in [3.8, 4) is 0 Å². The van der Waals surface area contributed by atoms with Gasteiger partial charge in [-0.05, 0) is 38.0 Å². The summed E-state index contributed by atoms with van der Waals surface area (Å²) in [4.78, 5) is 15.1. The second-order valence-electron chi connectivity index (χ2n) is 4.40. The molecule has 1 aromatic carbocycles. The van der Waals surface area contributed by atoms with Gasteiger partial charge in [-0.25, -0.2) is 4.98 Å². The fourth-order valence-corrected chi connectivity index (χ4v) is 2.17. The smallest absolute Gasteiger partial charge is 0.305 e. The number of hydrogen-bond acceptors (Lipinski definition) is 2. The largest absolute Gasteiger partial charge is 0.481 e. The van der Waals surface area contributed by atoms with E-state index in [1.54, 1.807) is 0 Å². The Morgan fingerprint density at radius 3 is 2.71 bits per heavy atom. The molecule has 0 amide bonds. The van der Waals surface area contributed by atoms with Crippen LogP contribution < -0.4 is 0 Å². The number of carboxylic acids is 1. The number of carboxylic acid groups (broad SMARTS) is 1. The van der Waals surface area contributed by atoms with Crippen LogP contribution in [0.1, 0.15) is 23.4 Å². The summed E-state index contributed by atoms with van der Waals surface area (Å²) in [5.74, 6) is 0.0885. The van der Waals surface area contributed by atoms with Gasteiger partial charge in [-0.3, -0.25) is 4.79 Å². The van der Waals surface area contributed by atoms with E-state index in [-0.39, 0.29) is 6.42 Å². The summed E-state index contributed by atoms with van der Waals surface area (Å²) in [5.41, 5.74) is 4.31. The Labute approximate surface area is 99.9 Å². The summed E-state index contributed by atoms with van der Waals surface area (Å²) in [5, 5.41) is 8.75. The van der Waals surface area contributed by atoms with Crippen molar-refractivity contribution in [3.05, 3.63) is 29.1 Å². The number of fused-ring (bicyclic) bond motifs is 1. The number of hydrogen-bond donors (Lipinski definition) is 1. The van der Waals surface area contributed by atoms with Crippen molar-refractivity contribution in [2.45, 2.75) is 33.7 Å². The highest BCUT2D eigenvalue weighted by Crippen LogP contribution is 2.21. The van der Waals surface area contributed by atoms with Gasteiger partial charge in [0, 0.05) is 6.54 Å². The van der Waals surface area contributed by atoms with Crippen molar-refractivity contribution in [3.63, 3.8) is 0 Å². The zero-order chi connectivity index (χ0) is 12.6. The Balaban J connectivity index is 2.54. The predicted octanol–water partition coefficient (Wildman–Crippen LogP) is 2.44. The number of aromatic nitrogens is 2. The topological polar surface area (TPSA) is 55.1 Å². The molecule has 1 aromatic heterocycles. The van der Waals surface area contributed by atoms with Crippen LogP contribution in [-0.2, 0) is 11.3 Å². The standard InChI is InChI=1S/C13H16N2O2/c1-8-6-9(2)13-11(7-8)15(10(3)14-13)5-4-12(16)17/h6-7H,4-5H2,1-3H3,(H,16,17). The van der Waals surface area contributed by atoms with Gasteiger partial charge < -0.3 is 9.67 Å². The summed E-state index contributed by atoms with van der Waals surface area (Å²) >= 11 is 0. The molecule has 1 N–H and O–H groups in total. The summed E-state index contributed by atoms with van der Waals surface area (Å²) in [6.07, 6.45) is 0.124. The van der Waals surface area contributed by atoms with E-state index in [0.29, 0.717) is 6.54 Å². The quantitative estimate of drug-likeness (QED) is 0.884. The molecule has 0 fully saturated rings. The molecule has 0 aliphatic rings. The molecule has 0 unspecified atom stereocenters. The molecule has 17 heavy (non-hydrogen) atoms. The van der Waals surface area contributed by atoms with Crippen LogP contribution >= 0.6 is 0 Å². The number of aryl methyl sites for hydroxylation is 4. The van der Waals surface area contributed by atoms with E-state index in [9.17, 15) is 4.79 Å². The summed E-state index contributed by atoms with van der Waals surface area (Å²) in [6, 6.07) is 4.15. The number of imidazole rings is 1. The monoisotopic (exact) mass is 232 g/mol. The maximum absolute atomic E-state index is 10.6. The SMILES string of the molecule is Cc1cc(C)c2nc(C)n(CCC(=O)O)c2c1. The number of rotatable bonds is 3. The lowest BCUT2D eigenvalue weighted by Crippen LogP contribution is -2.06. The Kier molecular flexibility index (Phi) is 2.88. The third-order valence-electron chi connectivity index (χ3n) is 2.93. The third-order valence-corrected chi connectivity index (χ3v) is 2.93. The number of aliphatic carboxylic acids is 1. The molecule has 0 bridgehead atoms. The molecule has 0 saturated carbocycles. The molecule has 1 heterocycles. The highest BCUT2D eigenvalue weighted by molar-refractivity contribution is 5.80. The van der Waals surface area contributed by atoms with E-state index < -0.39 is 5.97 Å². The second kappa shape index (κ2) is 4.20. The second-order valence-corrected chi connectivity index (χ2v) is 4.40. The lowest BCUT2D eigenvalue weighted by Gasteiger charge is -2.05. The van der Waals surface area contributed by atoms with Gasteiger partial charge in [-0.1, -0.05) is 6.07 Å². The Bertz CT molecular complexity index is 585. The van der Waals surface area contributed by atoms with Crippen molar-refractivity contribution in [2.24, 2.45) is 0 Å². The van der Waals surface area contributed by atoms with E-state index in [1.807, 2.05) is 25.3 Å². The van der Waals surface area contributed by atoms with E-state index in [1.165, 1.54) is 5.56 Å². The zero-order valence-corrected chi connectivity index (χ0v) is 10.3. The molecule has 90 valence electrons. The van der Waals surface area contributed by atoms with Gasteiger partial charge in [0.15, 0.2) is 0 Å².